The molecule has 6 heteroatoms. The van der Waals surface area contributed by atoms with E-state index in [1.807, 2.05) is 31.2 Å². The summed E-state index contributed by atoms with van der Waals surface area (Å²) in [6.45, 7) is 2.44. The van der Waals surface area contributed by atoms with Gasteiger partial charge in [-0.1, -0.05) is 6.07 Å². The molecule has 0 aliphatic heterocycles. The van der Waals surface area contributed by atoms with Gasteiger partial charge in [-0.15, -0.1) is 11.3 Å². The average molecular weight is 321 g/mol. The first kappa shape index (κ1) is 16.3. The van der Waals surface area contributed by atoms with Crippen LogP contribution < -0.4 is 9.47 Å². The van der Waals surface area contributed by atoms with Crippen LogP contribution in [0.25, 0.3) is 0 Å². The standard InChI is InChI=1S/C16H19NO4S/c1-11-14(6-7-16(18)19)22-15(17-11)8-9-21-13-5-3-4-12(10-13)20-2/h3-5,10H,6-9H2,1-2H3,(H,18,19). The Morgan fingerprint density at radius 1 is 1.32 bits per heavy atom. The van der Waals surface area contributed by atoms with Gasteiger partial charge in [0.2, 0.25) is 0 Å². The third kappa shape index (κ3) is 4.73. The predicted octanol–water partition coefficient (Wildman–Crippen LogP) is 3.10. The molecule has 118 valence electrons. The second kappa shape index (κ2) is 7.79. The predicted molar refractivity (Wildman–Crippen MR) is 85.0 cm³/mol. The van der Waals surface area contributed by atoms with E-state index < -0.39 is 5.97 Å². The molecule has 1 aromatic heterocycles. The van der Waals surface area contributed by atoms with Crippen LogP contribution in [0.4, 0.5) is 0 Å². The van der Waals surface area contributed by atoms with Crippen molar-refractivity contribution in [2.45, 2.75) is 26.2 Å². The van der Waals surface area contributed by atoms with E-state index in [0.717, 1.165) is 27.1 Å². The van der Waals surface area contributed by atoms with Gasteiger partial charge in [-0.3, -0.25) is 4.79 Å². The first-order chi connectivity index (χ1) is 10.6. The lowest BCUT2D eigenvalue weighted by Crippen LogP contribution is -2.01. The summed E-state index contributed by atoms with van der Waals surface area (Å²) in [5.74, 6) is 0.744. The molecule has 0 saturated carbocycles. The third-order valence-corrected chi connectivity index (χ3v) is 4.41. The van der Waals surface area contributed by atoms with Crippen molar-refractivity contribution in [1.82, 2.24) is 4.98 Å². The first-order valence-electron chi connectivity index (χ1n) is 7.02. The van der Waals surface area contributed by atoms with Crippen molar-refractivity contribution in [2.24, 2.45) is 0 Å². The quantitative estimate of drug-likeness (QED) is 0.809. The van der Waals surface area contributed by atoms with Crippen LogP contribution in [0.3, 0.4) is 0 Å². The number of carbonyl (C=O) groups is 1. The lowest BCUT2D eigenvalue weighted by atomic mass is 10.2. The molecule has 0 aliphatic carbocycles. The van der Waals surface area contributed by atoms with E-state index in [4.69, 9.17) is 14.6 Å². The summed E-state index contributed by atoms with van der Waals surface area (Å²) in [5.41, 5.74) is 0.919. The van der Waals surface area contributed by atoms with Crippen molar-refractivity contribution in [3.8, 4) is 11.5 Å². The van der Waals surface area contributed by atoms with Crippen LogP contribution in [0.1, 0.15) is 22.0 Å². The SMILES string of the molecule is COc1cccc(OCCc2nc(C)c(CCC(=O)O)s2)c1. The number of carboxylic acid groups (broad SMARTS) is 1. The van der Waals surface area contributed by atoms with Crippen LogP contribution in [0.2, 0.25) is 0 Å². The van der Waals surface area contributed by atoms with E-state index in [0.29, 0.717) is 19.4 Å². The lowest BCUT2D eigenvalue weighted by molar-refractivity contribution is -0.136. The fourth-order valence-corrected chi connectivity index (χ4v) is 3.04. The molecule has 0 spiro atoms. The first-order valence-corrected chi connectivity index (χ1v) is 7.84. The molecular weight excluding hydrogens is 302 g/mol. The summed E-state index contributed by atoms with van der Waals surface area (Å²) in [6, 6.07) is 7.47. The monoisotopic (exact) mass is 321 g/mol. The van der Waals surface area contributed by atoms with Crippen LogP contribution >= 0.6 is 11.3 Å². The number of methoxy groups -OCH3 is 1. The van der Waals surface area contributed by atoms with E-state index >= 15 is 0 Å². The van der Waals surface area contributed by atoms with E-state index in [9.17, 15) is 4.79 Å². The molecule has 0 saturated heterocycles. The minimum atomic E-state index is -0.782. The van der Waals surface area contributed by atoms with Crippen LogP contribution in [-0.4, -0.2) is 29.8 Å². The minimum Gasteiger partial charge on any atom is -0.497 e. The average Bonchev–Trinajstić information content (AvgIpc) is 2.85. The molecule has 2 rings (SSSR count). The smallest absolute Gasteiger partial charge is 0.303 e. The summed E-state index contributed by atoms with van der Waals surface area (Å²) in [5, 5.41) is 9.71. The molecule has 2 aromatic rings. The van der Waals surface area contributed by atoms with Crippen molar-refractivity contribution >= 4 is 17.3 Å². The highest BCUT2D eigenvalue weighted by atomic mass is 32.1. The van der Waals surface area contributed by atoms with E-state index in [1.165, 1.54) is 0 Å². The van der Waals surface area contributed by atoms with Gasteiger partial charge in [0.1, 0.15) is 11.5 Å². The van der Waals surface area contributed by atoms with Gasteiger partial charge in [-0.25, -0.2) is 4.98 Å². The van der Waals surface area contributed by atoms with Gasteiger partial charge in [-0.05, 0) is 25.5 Å². The van der Waals surface area contributed by atoms with Gasteiger partial charge in [0.05, 0.1) is 30.8 Å². The molecule has 0 unspecified atom stereocenters. The number of ether oxygens (including phenoxy) is 2. The summed E-state index contributed by atoms with van der Waals surface area (Å²) in [4.78, 5) is 16.1. The summed E-state index contributed by atoms with van der Waals surface area (Å²) in [7, 11) is 1.62. The molecule has 0 amide bonds. The number of nitrogens with zero attached hydrogens (tertiary/aromatic N) is 1. The maximum atomic E-state index is 10.6. The third-order valence-electron chi connectivity index (χ3n) is 3.13. The van der Waals surface area contributed by atoms with Gasteiger partial charge in [0, 0.05) is 17.4 Å². The van der Waals surface area contributed by atoms with Crippen LogP contribution in [0, 0.1) is 6.92 Å². The normalized spacial score (nSPS) is 10.5. The molecule has 1 aromatic carbocycles. The van der Waals surface area contributed by atoms with Crippen molar-refractivity contribution < 1.29 is 19.4 Å². The zero-order valence-electron chi connectivity index (χ0n) is 12.7. The highest BCUT2D eigenvalue weighted by Gasteiger charge is 2.09. The number of carboxylic acids is 1. The van der Waals surface area contributed by atoms with E-state index in [-0.39, 0.29) is 6.42 Å². The molecule has 0 radical (unpaired) electrons. The Kier molecular flexibility index (Phi) is 5.77. The largest absolute Gasteiger partial charge is 0.497 e. The van der Waals surface area contributed by atoms with Crippen LogP contribution in [0.5, 0.6) is 11.5 Å². The highest BCUT2D eigenvalue weighted by Crippen LogP contribution is 2.22. The fraction of sp³-hybridized carbons (Fsp3) is 0.375. The molecule has 1 N–H and O–H groups in total. The topological polar surface area (TPSA) is 68.7 Å². The van der Waals surface area contributed by atoms with Gasteiger partial charge in [-0.2, -0.15) is 0 Å². The maximum absolute atomic E-state index is 10.6. The molecule has 5 nitrogen and oxygen atoms in total. The molecular formula is C16H19NO4S. The van der Waals surface area contributed by atoms with Gasteiger partial charge < -0.3 is 14.6 Å². The van der Waals surface area contributed by atoms with Crippen molar-refractivity contribution in [1.29, 1.82) is 0 Å². The van der Waals surface area contributed by atoms with Crippen LogP contribution in [-0.2, 0) is 17.6 Å². The maximum Gasteiger partial charge on any atom is 0.303 e. The molecule has 22 heavy (non-hydrogen) atoms. The highest BCUT2D eigenvalue weighted by molar-refractivity contribution is 7.11. The number of aryl methyl sites for hydroxylation is 2. The number of rotatable bonds is 8. The second-order valence-corrected chi connectivity index (χ2v) is 5.96. The number of thiazole rings is 1. The Balaban J connectivity index is 1.86. The number of aliphatic carboxylic acids is 1. The van der Waals surface area contributed by atoms with Gasteiger partial charge in [0.15, 0.2) is 0 Å². The summed E-state index contributed by atoms with van der Waals surface area (Å²) in [6.07, 6.45) is 1.38. The molecule has 0 bridgehead atoms. The Labute approximate surface area is 133 Å². The fourth-order valence-electron chi connectivity index (χ4n) is 1.99. The number of aromatic nitrogens is 1. The zero-order chi connectivity index (χ0) is 15.9. The Morgan fingerprint density at radius 2 is 2.09 bits per heavy atom. The summed E-state index contributed by atoms with van der Waals surface area (Å²) < 4.78 is 10.8. The Morgan fingerprint density at radius 3 is 2.82 bits per heavy atom. The molecule has 0 atom stereocenters. The molecule has 0 fully saturated rings. The second-order valence-electron chi connectivity index (χ2n) is 4.79. The minimum absolute atomic E-state index is 0.142. The Bertz CT molecular complexity index is 639. The van der Waals surface area contributed by atoms with Crippen LogP contribution in [0.15, 0.2) is 24.3 Å². The van der Waals surface area contributed by atoms with Crippen molar-refractivity contribution in [3.63, 3.8) is 0 Å². The summed E-state index contributed by atoms with van der Waals surface area (Å²) >= 11 is 1.57. The van der Waals surface area contributed by atoms with E-state index in [2.05, 4.69) is 4.98 Å². The zero-order valence-corrected chi connectivity index (χ0v) is 13.5. The van der Waals surface area contributed by atoms with E-state index in [1.54, 1.807) is 18.4 Å². The number of hydrogen-bond acceptors (Lipinski definition) is 5. The Hall–Kier alpha value is -2.08. The van der Waals surface area contributed by atoms with Gasteiger partial charge in [0.25, 0.3) is 0 Å². The van der Waals surface area contributed by atoms with Gasteiger partial charge >= 0.3 is 5.97 Å². The number of hydrogen-bond donors (Lipinski definition) is 1. The van der Waals surface area contributed by atoms with Crippen molar-refractivity contribution in [2.75, 3.05) is 13.7 Å². The van der Waals surface area contributed by atoms with Crippen molar-refractivity contribution in [3.05, 3.63) is 39.8 Å². The number of benzene rings is 1. The molecule has 0 aliphatic rings. The lowest BCUT2D eigenvalue weighted by Gasteiger charge is -2.06. The molecule has 1 heterocycles.